The fraction of sp³-hybridized carbons (Fsp3) is 0.357. The Morgan fingerprint density at radius 1 is 1.40 bits per heavy atom. The maximum Gasteiger partial charge on any atom is 0.261 e. The molecule has 0 bridgehead atoms. The van der Waals surface area contributed by atoms with Gasteiger partial charge in [0.1, 0.15) is 0 Å². The lowest BCUT2D eigenvalue weighted by Gasteiger charge is -2.14. The molecule has 1 unspecified atom stereocenters. The fourth-order valence-corrected chi connectivity index (χ4v) is 4.23. The minimum Gasteiger partial charge on any atom is -0.396 e. The molecule has 2 heterocycles. The maximum atomic E-state index is 11.9. The second-order valence-corrected chi connectivity index (χ2v) is 7.20. The standard InChI is InChI=1S/C14H16BrNO2S2/c15-11-8-13(20-9-11)14(18)16-5-3-10(4-6-17)12-2-1-7-19-12/h1-2,7-10,17H,3-6H2,(H,16,18). The average molecular weight is 374 g/mol. The zero-order chi connectivity index (χ0) is 14.4. The Morgan fingerprint density at radius 3 is 2.85 bits per heavy atom. The molecule has 2 aromatic heterocycles. The highest BCUT2D eigenvalue weighted by atomic mass is 79.9. The van der Waals surface area contributed by atoms with Crippen molar-refractivity contribution in [1.29, 1.82) is 0 Å². The van der Waals surface area contributed by atoms with Crippen LogP contribution in [0, 0.1) is 0 Å². The van der Waals surface area contributed by atoms with E-state index in [2.05, 4.69) is 27.3 Å². The largest absolute Gasteiger partial charge is 0.396 e. The third-order valence-electron chi connectivity index (χ3n) is 2.99. The van der Waals surface area contributed by atoms with E-state index in [9.17, 15) is 4.79 Å². The van der Waals surface area contributed by atoms with Crippen molar-refractivity contribution < 1.29 is 9.90 Å². The van der Waals surface area contributed by atoms with Gasteiger partial charge in [0.25, 0.3) is 5.91 Å². The molecule has 0 radical (unpaired) electrons. The van der Waals surface area contributed by atoms with Crippen LogP contribution in [0.2, 0.25) is 0 Å². The van der Waals surface area contributed by atoms with Crippen LogP contribution in [0.25, 0.3) is 0 Å². The van der Waals surface area contributed by atoms with E-state index < -0.39 is 0 Å². The summed E-state index contributed by atoms with van der Waals surface area (Å²) in [4.78, 5) is 13.9. The van der Waals surface area contributed by atoms with Crippen molar-refractivity contribution in [2.75, 3.05) is 13.2 Å². The molecule has 2 aromatic rings. The highest BCUT2D eigenvalue weighted by Gasteiger charge is 2.13. The monoisotopic (exact) mass is 373 g/mol. The van der Waals surface area contributed by atoms with E-state index in [4.69, 9.17) is 5.11 Å². The predicted molar refractivity (Wildman–Crippen MR) is 87.7 cm³/mol. The third-order valence-corrected chi connectivity index (χ3v) is 5.72. The number of hydrogen-bond donors (Lipinski definition) is 2. The molecule has 2 rings (SSSR count). The lowest BCUT2D eigenvalue weighted by atomic mass is 10.00. The summed E-state index contributed by atoms with van der Waals surface area (Å²) in [6, 6.07) is 5.93. The van der Waals surface area contributed by atoms with Crippen molar-refractivity contribution in [2.24, 2.45) is 0 Å². The van der Waals surface area contributed by atoms with Crippen LogP contribution < -0.4 is 5.32 Å². The van der Waals surface area contributed by atoms with Gasteiger partial charge in [-0.3, -0.25) is 4.79 Å². The Balaban J connectivity index is 1.83. The van der Waals surface area contributed by atoms with E-state index in [-0.39, 0.29) is 12.5 Å². The molecular weight excluding hydrogens is 358 g/mol. The van der Waals surface area contributed by atoms with Gasteiger partial charge < -0.3 is 10.4 Å². The van der Waals surface area contributed by atoms with Crippen LogP contribution in [-0.4, -0.2) is 24.2 Å². The van der Waals surface area contributed by atoms with Gasteiger partial charge in [0, 0.05) is 27.9 Å². The summed E-state index contributed by atoms with van der Waals surface area (Å²) in [6.07, 6.45) is 1.58. The molecule has 20 heavy (non-hydrogen) atoms. The lowest BCUT2D eigenvalue weighted by molar-refractivity contribution is 0.0956. The van der Waals surface area contributed by atoms with Crippen molar-refractivity contribution in [3.63, 3.8) is 0 Å². The smallest absolute Gasteiger partial charge is 0.261 e. The molecule has 0 aliphatic carbocycles. The van der Waals surface area contributed by atoms with Crippen LogP contribution in [0.1, 0.15) is 33.3 Å². The van der Waals surface area contributed by atoms with Gasteiger partial charge in [-0.2, -0.15) is 0 Å². The molecule has 0 saturated carbocycles. The van der Waals surface area contributed by atoms with Crippen molar-refractivity contribution in [3.05, 3.63) is 43.2 Å². The highest BCUT2D eigenvalue weighted by Crippen LogP contribution is 2.27. The molecule has 0 fully saturated rings. The van der Waals surface area contributed by atoms with Crippen LogP contribution >= 0.6 is 38.6 Å². The average Bonchev–Trinajstić information content (AvgIpc) is 3.08. The number of hydrogen-bond acceptors (Lipinski definition) is 4. The summed E-state index contributed by atoms with van der Waals surface area (Å²) in [5.41, 5.74) is 0. The van der Waals surface area contributed by atoms with Crippen molar-refractivity contribution in [2.45, 2.75) is 18.8 Å². The normalized spacial score (nSPS) is 12.3. The van der Waals surface area contributed by atoms with E-state index in [1.165, 1.54) is 16.2 Å². The summed E-state index contributed by atoms with van der Waals surface area (Å²) in [5, 5.41) is 16.0. The first kappa shape index (κ1) is 15.7. The summed E-state index contributed by atoms with van der Waals surface area (Å²) in [5.74, 6) is 0.282. The number of aliphatic hydroxyl groups excluding tert-OH is 1. The summed E-state index contributed by atoms with van der Waals surface area (Å²) >= 11 is 6.47. The second-order valence-electron chi connectivity index (χ2n) is 4.40. The number of amides is 1. The second kappa shape index (κ2) is 7.93. The first-order chi connectivity index (χ1) is 9.70. The van der Waals surface area contributed by atoms with E-state index in [1.807, 2.05) is 22.9 Å². The third kappa shape index (κ3) is 4.41. The van der Waals surface area contributed by atoms with Gasteiger partial charge in [-0.05, 0) is 52.2 Å². The molecule has 0 aromatic carbocycles. The molecule has 0 saturated heterocycles. The molecule has 6 heteroatoms. The molecule has 1 atom stereocenters. The number of rotatable bonds is 7. The Hall–Kier alpha value is -0.690. The van der Waals surface area contributed by atoms with Crippen molar-refractivity contribution >= 4 is 44.5 Å². The molecule has 108 valence electrons. The molecule has 0 aliphatic heterocycles. The first-order valence-electron chi connectivity index (χ1n) is 6.37. The quantitative estimate of drug-likeness (QED) is 0.773. The SMILES string of the molecule is O=C(NCCC(CCO)c1cccs1)c1cc(Br)cs1. The van der Waals surface area contributed by atoms with Gasteiger partial charge in [-0.1, -0.05) is 6.07 Å². The Bertz CT molecular complexity index is 539. The van der Waals surface area contributed by atoms with Crippen LogP contribution in [0.4, 0.5) is 0 Å². The molecule has 2 N–H and O–H groups in total. The molecule has 3 nitrogen and oxygen atoms in total. The molecule has 0 spiro atoms. The summed E-state index contributed by atoms with van der Waals surface area (Å²) in [6.45, 7) is 0.797. The highest BCUT2D eigenvalue weighted by molar-refractivity contribution is 9.10. The van der Waals surface area contributed by atoms with Crippen LogP contribution in [0.15, 0.2) is 33.4 Å². The topological polar surface area (TPSA) is 49.3 Å². The molecule has 1 amide bonds. The summed E-state index contributed by atoms with van der Waals surface area (Å²) < 4.78 is 0.935. The number of aliphatic hydroxyl groups is 1. The van der Waals surface area contributed by atoms with Gasteiger partial charge in [-0.15, -0.1) is 22.7 Å². The van der Waals surface area contributed by atoms with Crippen LogP contribution in [0.3, 0.4) is 0 Å². The minimum absolute atomic E-state index is 0.0328. The fourth-order valence-electron chi connectivity index (χ4n) is 1.99. The lowest BCUT2D eigenvalue weighted by Crippen LogP contribution is -2.25. The molecular formula is C14H16BrNO2S2. The van der Waals surface area contributed by atoms with E-state index in [0.29, 0.717) is 17.3 Å². The first-order valence-corrected chi connectivity index (χ1v) is 8.92. The Labute approximate surface area is 134 Å². The van der Waals surface area contributed by atoms with Crippen LogP contribution in [0.5, 0.6) is 0 Å². The van der Waals surface area contributed by atoms with Gasteiger partial charge in [-0.25, -0.2) is 0 Å². The summed E-state index contributed by atoms with van der Waals surface area (Å²) in [7, 11) is 0. The van der Waals surface area contributed by atoms with Gasteiger partial charge in [0.2, 0.25) is 0 Å². The van der Waals surface area contributed by atoms with E-state index in [0.717, 1.165) is 17.3 Å². The number of halogens is 1. The van der Waals surface area contributed by atoms with E-state index >= 15 is 0 Å². The van der Waals surface area contributed by atoms with Crippen molar-refractivity contribution in [1.82, 2.24) is 5.32 Å². The number of thiophene rings is 2. The Morgan fingerprint density at radius 2 is 2.25 bits per heavy atom. The van der Waals surface area contributed by atoms with Gasteiger partial charge >= 0.3 is 0 Å². The zero-order valence-electron chi connectivity index (χ0n) is 10.8. The number of carbonyl (C=O) groups excluding carboxylic acids is 1. The Kier molecular flexibility index (Phi) is 6.22. The van der Waals surface area contributed by atoms with Crippen LogP contribution in [-0.2, 0) is 0 Å². The van der Waals surface area contributed by atoms with Crippen molar-refractivity contribution in [3.8, 4) is 0 Å². The number of nitrogens with one attached hydrogen (secondary N) is 1. The molecule has 0 aliphatic rings. The van der Waals surface area contributed by atoms with Gasteiger partial charge in [0.15, 0.2) is 0 Å². The van der Waals surface area contributed by atoms with E-state index in [1.54, 1.807) is 11.3 Å². The number of carbonyl (C=O) groups is 1. The van der Waals surface area contributed by atoms with Gasteiger partial charge in [0.05, 0.1) is 4.88 Å². The minimum atomic E-state index is -0.0328. The maximum absolute atomic E-state index is 11.9. The predicted octanol–water partition coefficient (Wildman–Crippen LogP) is 3.86. The zero-order valence-corrected chi connectivity index (χ0v) is 14.1.